The molecule has 1 aromatic heterocycles. The highest BCUT2D eigenvalue weighted by atomic mass is 19.4. The van der Waals surface area contributed by atoms with E-state index in [-0.39, 0.29) is 25.5 Å². The van der Waals surface area contributed by atoms with E-state index in [2.05, 4.69) is 15.6 Å². The molecule has 186 valence electrons. The van der Waals surface area contributed by atoms with E-state index in [0.29, 0.717) is 29.2 Å². The number of hydrogen-bond acceptors (Lipinski definition) is 5. The Kier molecular flexibility index (Phi) is 6.68. The third kappa shape index (κ3) is 4.67. The van der Waals surface area contributed by atoms with Crippen LogP contribution in [-0.4, -0.2) is 59.8 Å². The van der Waals surface area contributed by atoms with Crippen LogP contribution in [0.5, 0.6) is 0 Å². The average molecular weight is 489 g/mol. The zero-order valence-corrected chi connectivity index (χ0v) is 19.4. The second-order valence-corrected chi connectivity index (χ2v) is 8.60. The van der Waals surface area contributed by atoms with Crippen molar-refractivity contribution in [2.45, 2.75) is 38.9 Å². The molecular weight excluding hydrogens is 463 g/mol. The molecule has 1 unspecified atom stereocenters. The lowest BCUT2D eigenvalue weighted by Gasteiger charge is -2.44. The quantitative estimate of drug-likeness (QED) is 0.629. The van der Waals surface area contributed by atoms with Crippen molar-refractivity contribution in [3.8, 4) is 0 Å². The molecule has 35 heavy (non-hydrogen) atoms. The van der Waals surface area contributed by atoms with Crippen LogP contribution < -0.4 is 15.5 Å². The number of carbonyl (C=O) groups is 3. The number of anilines is 2. The van der Waals surface area contributed by atoms with Gasteiger partial charge < -0.3 is 20.4 Å². The molecule has 4 rings (SSSR count). The Bertz CT molecular complexity index is 1170. The largest absolute Gasteiger partial charge is 0.417 e. The standard InChI is InChI=1S/C24H26F3N5O3/c1-3-4-9-28-21(33)16-12-29-20-19(14(16)2)30-22(34)18-13-31(10-11-32(18)20)23(35)15-7-5-6-8-17(15)24(25,26)27/h5-8,12,18H,3-4,9-11,13H2,1-2H3,(H,28,33)(H,30,34). The lowest BCUT2D eigenvalue weighted by atomic mass is 10.0. The second-order valence-electron chi connectivity index (χ2n) is 8.60. The molecule has 11 heteroatoms. The highest BCUT2D eigenvalue weighted by molar-refractivity contribution is 6.07. The van der Waals surface area contributed by atoms with Gasteiger partial charge in [0, 0.05) is 25.8 Å². The van der Waals surface area contributed by atoms with Crippen LogP contribution in [-0.2, 0) is 11.0 Å². The molecule has 2 aliphatic rings. The number of carbonyl (C=O) groups excluding carboxylic acids is 3. The molecule has 2 N–H and O–H groups in total. The molecule has 1 aromatic carbocycles. The Labute approximate surface area is 200 Å². The SMILES string of the molecule is CCCCNC(=O)c1cnc2c(c1C)NC(=O)C1CN(C(=O)c3ccccc3C(F)(F)F)CCN21. The molecule has 0 radical (unpaired) electrons. The highest BCUT2D eigenvalue weighted by Gasteiger charge is 2.42. The van der Waals surface area contributed by atoms with Crippen LogP contribution in [0.15, 0.2) is 30.5 Å². The predicted molar refractivity (Wildman–Crippen MR) is 123 cm³/mol. The van der Waals surface area contributed by atoms with E-state index in [4.69, 9.17) is 0 Å². The summed E-state index contributed by atoms with van der Waals surface area (Å²) >= 11 is 0. The van der Waals surface area contributed by atoms with Gasteiger partial charge in [-0.3, -0.25) is 14.4 Å². The zero-order valence-electron chi connectivity index (χ0n) is 19.4. The maximum absolute atomic E-state index is 13.4. The van der Waals surface area contributed by atoms with Crippen LogP contribution in [0, 0.1) is 6.92 Å². The van der Waals surface area contributed by atoms with Crippen molar-refractivity contribution in [1.29, 1.82) is 0 Å². The van der Waals surface area contributed by atoms with Gasteiger partial charge in [0.2, 0.25) is 5.91 Å². The first-order valence-corrected chi connectivity index (χ1v) is 11.4. The Morgan fingerprint density at radius 2 is 1.94 bits per heavy atom. The fourth-order valence-corrected chi connectivity index (χ4v) is 4.40. The molecule has 1 fully saturated rings. The topological polar surface area (TPSA) is 94.6 Å². The zero-order chi connectivity index (χ0) is 25.3. The molecule has 3 amide bonds. The first-order chi connectivity index (χ1) is 16.6. The third-order valence-corrected chi connectivity index (χ3v) is 6.33. The molecule has 0 saturated carbocycles. The normalized spacial score (nSPS) is 17.4. The fraction of sp³-hybridized carbons (Fsp3) is 0.417. The summed E-state index contributed by atoms with van der Waals surface area (Å²) in [6.07, 6.45) is -1.42. The molecule has 0 aliphatic carbocycles. The van der Waals surface area contributed by atoms with Crippen molar-refractivity contribution in [2.24, 2.45) is 0 Å². The summed E-state index contributed by atoms with van der Waals surface area (Å²) in [7, 11) is 0. The number of benzene rings is 1. The van der Waals surface area contributed by atoms with Crippen molar-refractivity contribution in [1.82, 2.24) is 15.2 Å². The summed E-state index contributed by atoms with van der Waals surface area (Å²) in [5, 5.41) is 5.62. The fourth-order valence-electron chi connectivity index (χ4n) is 4.40. The molecule has 1 atom stereocenters. The first kappa shape index (κ1) is 24.5. The number of nitrogens with one attached hydrogen (secondary N) is 2. The van der Waals surface area contributed by atoms with Gasteiger partial charge in [-0.25, -0.2) is 4.98 Å². The van der Waals surface area contributed by atoms with Gasteiger partial charge in [-0.05, 0) is 31.0 Å². The van der Waals surface area contributed by atoms with Crippen molar-refractivity contribution >= 4 is 29.2 Å². The van der Waals surface area contributed by atoms with Gasteiger partial charge >= 0.3 is 6.18 Å². The van der Waals surface area contributed by atoms with E-state index < -0.39 is 35.2 Å². The first-order valence-electron chi connectivity index (χ1n) is 11.4. The smallest absolute Gasteiger partial charge is 0.352 e. The number of aromatic nitrogens is 1. The van der Waals surface area contributed by atoms with E-state index in [9.17, 15) is 27.6 Å². The Balaban J connectivity index is 1.56. The van der Waals surface area contributed by atoms with Crippen LogP contribution in [0.25, 0.3) is 0 Å². The number of pyridine rings is 1. The lowest BCUT2D eigenvalue weighted by molar-refractivity contribution is -0.138. The minimum Gasteiger partial charge on any atom is -0.352 e. The van der Waals surface area contributed by atoms with Gasteiger partial charge in [0.15, 0.2) is 5.82 Å². The number of hydrogen-bond donors (Lipinski definition) is 2. The van der Waals surface area contributed by atoms with E-state index in [0.717, 1.165) is 25.0 Å². The van der Waals surface area contributed by atoms with Gasteiger partial charge in [-0.2, -0.15) is 13.2 Å². The van der Waals surface area contributed by atoms with Gasteiger partial charge in [0.05, 0.1) is 28.9 Å². The monoisotopic (exact) mass is 489 g/mol. The van der Waals surface area contributed by atoms with E-state index in [1.54, 1.807) is 11.8 Å². The Morgan fingerprint density at radius 3 is 2.66 bits per heavy atom. The summed E-state index contributed by atoms with van der Waals surface area (Å²) in [6, 6.07) is 3.82. The maximum atomic E-state index is 13.4. The third-order valence-electron chi connectivity index (χ3n) is 6.33. The van der Waals surface area contributed by atoms with E-state index in [1.165, 1.54) is 23.2 Å². The lowest BCUT2D eigenvalue weighted by Crippen LogP contribution is -2.61. The Hall–Kier alpha value is -3.63. The molecule has 2 aliphatic heterocycles. The number of nitrogens with zero attached hydrogens (tertiary/aromatic N) is 3. The van der Waals surface area contributed by atoms with Crippen LogP contribution >= 0.6 is 0 Å². The highest BCUT2D eigenvalue weighted by Crippen LogP contribution is 2.37. The van der Waals surface area contributed by atoms with Crippen LogP contribution in [0.2, 0.25) is 0 Å². The van der Waals surface area contributed by atoms with Crippen LogP contribution in [0.1, 0.15) is 51.6 Å². The minimum absolute atomic E-state index is 0.0870. The summed E-state index contributed by atoms with van der Waals surface area (Å²) < 4.78 is 40.2. The number of halogens is 3. The molecule has 1 saturated heterocycles. The van der Waals surface area contributed by atoms with Crippen molar-refractivity contribution in [3.63, 3.8) is 0 Å². The van der Waals surface area contributed by atoms with Gasteiger partial charge in [0.1, 0.15) is 6.04 Å². The van der Waals surface area contributed by atoms with Crippen LogP contribution in [0.3, 0.4) is 0 Å². The number of alkyl halides is 3. The van der Waals surface area contributed by atoms with Crippen molar-refractivity contribution in [3.05, 3.63) is 52.7 Å². The molecule has 8 nitrogen and oxygen atoms in total. The van der Waals surface area contributed by atoms with Gasteiger partial charge in [0.25, 0.3) is 11.8 Å². The molecule has 0 bridgehead atoms. The summed E-state index contributed by atoms with van der Waals surface area (Å²) in [6.45, 7) is 4.52. The second kappa shape index (κ2) is 9.55. The molecule has 2 aromatic rings. The number of amides is 3. The minimum atomic E-state index is -4.67. The number of unbranched alkanes of at least 4 members (excludes halogenated alkanes) is 1. The van der Waals surface area contributed by atoms with E-state index >= 15 is 0 Å². The number of fused-ring (bicyclic) bond motifs is 3. The number of piperazine rings is 1. The van der Waals surface area contributed by atoms with Gasteiger partial charge in [-0.15, -0.1) is 0 Å². The molecule has 3 heterocycles. The van der Waals surface area contributed by atoms with Crippen molar-refractivity contribution < 1.29 is 27.6 Å². The van der Waals surface area contributed by atoms with Gasteiger partial charge in [-0.1, -0.05) is 25.5 Å². The summed E-state index contributed by atoms with van der Waals surface area (Å²) in [5.41, 5.74) is -0.0909. The Morgan fingerprint density at radius 1 is 1.20 bits per heavy atom. The predicted octanol–water partition coefficient (Wildman–Crippen LogP) is 3.22. The van der Waals surface area contributed by atoms with Crippen molar-refractivity contribution in [2.75, 3.05) is 36.4 Å². The summed E-state index contributed by atoms with van der Waals surface area (Å²) in [5.74, 6) is -0.992. The van der Waals surface area contributed by atoms with Crippen LogP contribution in [0.4, 0.5) is 24.7 Å². The number of rotatable bonds is 5. The summed E-state index contributed by atoms with van der Waals surface area (Å²) in [4.78, 5) is 45.9. The maximum Gasteiger partial charge on any atom is 0.417 e. The molecule has 0 spiro atoms. The average Bonchev–Trinajstić information content (AvgIpc) is 2.83. The molecular formula is C24H26F3N5O3. The van der Waals surface area contributed by atoms with E-state index in [1.807, 2.05) is 6.92 Å².